The molecule has 0 amide bonds. The fourth-order valence-corrected chi connectivity index (χ4v) is 5.35. The van der Waals surface area contributed by atoms with Crippen LogP contribution in [0.3, 0.4) is 0 Å². The van der Waals surface area contributed by atoms with Crippen LogP contribution in [-0.2, 0) is 20.2 Å². The van der Waals surface area contributed by atoms with E-state index in [9.17, 15) is 45.6 Å². The van der Waals surface area contributed by atoms with Crippen LogP contribution in [0.2, 0.25) is 0 Å². The van der Waals surface area contributed by atoms with Crippen LogP contribution in [0.5, 0.6) is 0 Å². The van der Waals surface area contributed by atoms with Crippen molar-refractivity contribution < 1.29 is 90.0 Å². The van der Waals surface area contributed by atoms with E-state index in [1.165, 1.54) is 48.5 Å². The Hall–Kier alpha value is -5.08. The van der Waals surface area contributed by atoms with Gasteiger partial charge in [0.05, 0.1) is 48.8 Å². The first kappa shape index (κ1) is 44.3. The first-order valence-corrected chi connectivity index (χ1v) is 17.2. The first-order chi connectivity index (χ1) is 25.0. The third-order valence-electron chi connectivity index (χ3n) is 6.81. The number of non-ortho nitro benzene ring substituents is 1. The summed E-state index contributed by atoms with van der Waals surface area (Å²) >= 11 is 0. The minimum atomic E-state index is -5.13. The van der Waals surface area contributed by atoms with Gasteiger partial charge in [-0.2, -0.15) is 20.4 Å². The Morgan fingerprint density at radius 2 is 1.27 bits per heavy atom. The summed E-state index contributed by atoms with van der Waals surface area (Å²) in [5, 5.41) is 33.3. The van der Waals surface area contributed by atoms with Gasteiger partial charge in [-0.15, -0.1) is 10.2 Å². The molecule has 0 bridgehead atoms. The van der Waals surface area contributed by atoms with E-state index in [1.807, 2.05) is 0 Å². The van der Waals surface area contributed by atoms with Crippen molar-refractivity contribution >= 4 is 71.4 Å². The maximum atomic E-state index is 13.0. The topological polar surface area (TPSA) is 342 Å². The molecule has 6 N–H and O–H groups in total. The molecule has 5 aromatic rings. The molecule has 0 aliphatic heterocycles. The predicted octanol–water partition coefficient (Wildman–Crippen LogP) is -3.14. The van der Waals surface area contributed by atoms with E-state index in [4.69, 9.17) is 11.5 Å². The maximum Gasteiger partial charge on any atom is 1.00 e. The second kappa shape index (κ2) is 18.5. The Morgan fingerprint density at radius 3 is 1.85 bits per heavy atom. The first-order valence-electron chi connectivity index (χ1n) is 14.4. The SMILES string of the molecule is Nc1cc(N)c(N=Nc2ccc(S(=O)(=O)[O-])c(N/N=c3\c(=O)cc/c(=N/Nc4ccc([N+](=O)[O-])cc4)c3=O)c2)cc1N=Nc1cccc(S(=O)(=O)[O-])c1.[Na+].[Na+]. The summed E-state index contributed by atoms with van der Waals surface area (Å²) in [6.07, 6.45) is 0. The molecule has 5 aromatic carbocycles. The largest absolute Gasteiger partial charge is 1.00 e. The summed E-state index contributed by atoms with van der Waals surface area (Å²) in [6.45, 7) is 0. The Kier molecular flexibility index (Phi) is 14.9. The van der Waals surface area contributed by atoms with E-state index in [2.05, 4.69) is 41.5 Å². The van der Waals surface area contributed by atoms with Gasteiger partial charge in [-0.25, -0.2) is 16.8 Å². The Bertz CT molecular complexity index is 2800. The van der Waals surface area contributed by atoms with Crippen molar-refractivity contribution in [2.45, 2.75) is 9.79 Å². The average Bonchev–Trinajstić information content (AvgIpc) is 3.10. The number of hydrogen-bond donors (Lipinski definition) is 4. The number of hydrogen-bond acceptors (Lipinski definition) is 20. The van der Waals surface area contributed by atoms with E-state index in [1.54, 1.807) is 0 Å². The van der Waals surface area contributed by atoms with Crippen LogP contribution in [0, 0.1) is 10.1 Å². The van der Waals surface area contributed by atoms with E-state index < -0.39 is 56.9 Å². The fraction of sp³-hybridized carbons (Fsp3) is 0. The van der Waals surface area contributed by atoms with Crippen LogP contribution in [0.25, 0.3) is 0 Å². The van der Waals surface area contributed by atoms with Crippen LogP contribution in [-0.4, -0.2) is 30.9 Å². The summed E-state index contributed by atoms with van der Waals surface area (Å²) < 4.78 is 69.9. The normalized spacial score (nSPS) is 12.3. The molecule has 55 heavy (non-hydrogen) atoms. The van der Waals surface area contributed by atoms with Gasteiger partial charge in [0.2, 0.25) is 10.9 Å². The number of nitro benzene ring substituents is 1. The molecule has 25 heteroatoms. The van der Waals surface area contributed by atoms with Crippen LogP contribution in [0.15, 0.2) is 141 Å². The van der Waals surface area contributed by atoms with Crippen molar-refractivity contribution in [1.29, 1.82) is 0 Å². The van der Waals surface area contributed by atoms with E-state index in [0.29, 0.717) is 0 Å². The van der Waals surface area contributed by atoms with E-state index >= 15 is 0 Å². The molecule has 270 valence electrons. The fourth-order valence-electron chi connectivity index (χ4n) is 4.23. The molecule has 0 fully saturated rings. The van der Waals surface area contributed by atoms with Gasteiger partial charge < -0.3 is 20.6 Å². The van der Waals surface area contributed by atoms with Crippen molar-refractivity contribution in [1.82, 2.24) is 0 Å². The number of anilines is 4. The quantitative estimate of drug-likeness (QED) is 0.0256. The zero-order valence-corrected chi connectivity index (χ0v) is 34.0. The van der Waals surface area contributed by atoms with Crippen molar-refractivity contribution in [2.75, 3.05) is 22.3 Å². The van der Waals surface area contributed by atoms with Gasteiger partial charge in [-0.3, -0.25) is 30.6 Å². The van der Waals surface area contributed by atoms with Gasteiger partial charge in [0.15, 0.2) is 5.36 Å². The minimum absolute atomic E-state index is 0. The summed E-state index contributed by atoms with van der Waals surface area (Å²) in [5.41, 5.74) is 14.5. The van der Waals surface area contributed by atoms with Crippen molar-refractivity contribution in [3.8, 4) is 0 Å². The van der Waals surface area contributed by atoms with Gasteiger partial charge >= 0.3 is 59.1 Å². The molecule has 0 aromatic heterocycles. The molecule has 0 radical (unpaired) electrons. The molecule has 0 spiro atoms. The number of rotatable bonds is 11. The molecule has 0 atom stereocenters. The van der Waals surface area contributed by atoms with Crippen LogP contribution < -0.4 is 103 Å². The number of nitrogens with one attached hydrogen (secondary N) is 2. The standard InChI is InChI=1S/C30H23N11O10S2.2Na/c31-21-14-22(32)25(15-24(21)37-34-17-2-1-3-20(12-17)52(46,47)48)38-35-18-6-11-28(53(49,50)51)26(13-18)39-40-29-27(42)10-9-23(30(29)43)36-33-16-4-7-19(8-5-16)41(44)45;;/h1-15,33,39H,31-32H2,(H,46,47,48)(H,49,50,51);;/q;2*+1/p-2/b36-23-,37-34?,38-35?,40-29+;;. The number of azo groups is 2. The van der Waals surface area contributed by atoms with Crippen molar-refractivity contribution in [3.63, 3.8) is 0 Å². The monoisotopic (exact) mass is 805 g/mol. The molecule has 0 heterocycles. The minimum Gasteiger partial charge on any atom is -0.744 e. The molecule has 21 nitrogen and oxygen atoms in total. The number of nitrogen functional groups attached to an aromatic ring is 2. The molecule has 0 saturated heterocycles. The number of benzene rings is 5. The summed E-state index contributed by atoms with van der Waals surface area (Å²) in [7, 11) is -9.88. The second-order valence-corrected chi connectivity index (χ2v) is 13.2. The summed E-state index contributed by atoms with van der Waals surface area (Å²) in [6, 6.07) is 17.5. The summed E-state index contributed by atoms with van der Waals surface area (Å²) in [5.74, 6) is 0. The van der Waals surface area contributed by atoms with Gasteiger partial charge in [0, 0.05) is 12.1 Å². The Balaban J connectivity index is 0.00000406. The molecule has 5 rings (SSSR count). The zero-order valence-electron chi connectivity index (χ0n) is 28.3. The summed E-state index contributed by atoms with van der Waals surface area (Å²) in [4.78, 5) is 34.4. The molecule has 0 unspecified atom stereocenters. The average molecular weight is 806 g/mol. The zero-order chi connectivity index (χ0) is 38.5. The Labute approximate surface area is 353 Å². The van der Waals surface area contributed by atoms with Crippen molar-refractivity contribution in [3.05, 3.63) is 132 Å². The van der Waals surface area contributed by atoms with Gasteiger partial charge in [0.1, 0.15) is 37.0 Å². The number of nitrogens with two attached hydrogens (primary N) is 2. The van der Waals surface area contributed by atoms with Gasteiger partial charge in [0.25, 0.3) is 5.69 Å². The third kappa shape index (κ3) is 11.5. The molecular formula is C30H21N11Na2O10S2. The maximum absolute atomic E-state index is 13.0. The van der Waals surface area contributed by atoms with E-state index in [0.717, 1.165) is 42.5 Å². The molecule has 0 saturated carbocycles. The number of nitrogens with zero attached hydrogens (tertiary/aromatic N) is 7. The number of nitro groups is 1. The van der Waals surface area contributed by atoms with Crippen LogP contribution in [0.4, 0.5) is 51.2 Å². The smallest absolute Gasteiger partial charge is 0.744 e. The van der Waals surface area contributed by atoms with E-state index in [-0.39, 0.29) is 110 Å². The molecule has 0 aliphatic rings. The van der Waals surface area contributed by atoms with Crippen molar-refractivity contribution in [2.24, 2.45) is 30.7 Å². The molecule has 0 aliphatic carbocycles. The molecular weight excluding hydrogens is 785 g/mol. The van der Waals surface area contributed by atoms with Crippen LogP contribution in [0.1, 0.15) is 0 Å². The van der Waals surface area contributed by atoms with Crippen LogP contribution >= 0.6 is 0 Å². The third-order valence-corrected chi connectivity index (χ3v) is 8.53. The second-order valence-electron chi connectivity index (χ2n) is 10.5. The van der Waals surface area contributed by atoms with Gasteiger partial charge in [-0.05, 0) is 72.8 Å². The van der Waals surface area contributed by atoms with Gasteiger partial charge in [-0.1, -0.05) is 6.07 Å². The predicted molar refractivity (Wildman–Crippen MR) is 185 cm³/mol. The Morgan fingerprint density at radius 1 is 0.655 bits per heavy atom.